The molecule has 0 fully saturated rings. The lowest BCUT2D eigenvalue weighted by Gasteiger charge is -2.18. The number of hydrogen-bond donors (Lipinski definition) is 1. The van der Waals surface area contributed by atoms with Gasteiger partial charge in [-0.1, -0.05) is 11.8 Å². The van der Waals surface area contributed by atoms with Crippen LogP contribution in [0.2, 0.25) is 0 Å². The molecule has 1 aromatic heterocycles. The molecule has 0 spiro atoms. The molecule has 0 saturated carbocycles. The van der Waals surface area contributed by atoms with Crippen LogP contribution in [0.1, 0.15) is 10.4 Å². The number of hydrogen-bond acceptors (Lipinski definition) is 3. The predicted molar refractivity (Wildman–Crippen MR) is 78.8 cm³/mol. The molecule has 2 nitrogen and oxygen atoms in total. The third kappa shape index (κ3) is 3.57. The number of thiophene rings is 1. The van der Waals surface area contributed by atoms with Crippen molar-refractivity contribution in [3.8, 4) is 11.8 Å². The van der Waals surface area contributed by atoms with E-state index in [2.05, 4.69) is 16.7 Å². The molecule has 1 aromatic carbocycles. The van der Waals surface area contributed by atoms with Crippen LogP contribution in [-0.4, -0.2) is 13.6 Å². The number of nitrogens with zero attached hydrogens (tertiary/aromatic N) is 1. The van der Waals surface area contributed by atoms with Gasteiger partial charge in [-0.3, -0.25) is 0 Å². The highest BCUT2D eigenvalue weighted by Gasteiger charge is 2.07. The summed E-state index contributed by atoms with van der Waals surface area (Å²) >= 11 is 1.67. The van der Waals surface area contributed by atoms with Gasteiger partial charge in [0.05, 0.1) is 13.1 Å². The molecule has 19 heavy (non-hydrogen) atoms. The number of benzene rings is 1. The van der Waals surface area contributed by atoms with E-state index in [0.29, 0.717) is 6.54 Å². The zero-order valence-corrected chi connectivity index (χ0v) is 11.5. The van der Waals surface area contributed by atoms with Crippen LogP contribution in [0, 0.1) is 17.7 Å². The number of nitrogens with two attached hydrogens (primary N) is 1. The van der Waals surface area contributed by atoms with Gasteiger partial charge in [0.15, 0.2) is 0 Å². The van der Waals surface area contributed by atoms with Gasteiger partial charge < -0.3 is 10.6 Å². The maximum Gasteiger partial charge on any atom is 0.123 e. The van der Waals surface area contributed by atoms with Crippen molar-refractivity contribution < 1.29 is 4.39 Å². The summed E-state index contributed by atoms with van der Waals surface area (Å²) in [4.78, 5) is 3.26. The summed E-state index contributed by atoms with van der Waals surface area (Å²) in [7, 11) is 1.98. The maximum atomic E-state index is 12.9. The largest absolute Gasteiger partial charge is 0.369 e. The van der Waals surface area contributed by atoms with Gasteiger partial charge in [-0.25, -0.2) is 4.39 Å². The molecule has 0 atom stereocenters. The van der Waals surface area contributed by atoms with E-state index in [1.165, 1.54) is 17.0 Å². The molecular weight excluding hydrogens is 259 g/mol. The standard InChI is InChI=1S/C15H15FN2S/c1-18(14-6-4-13(16)5-7-14)11-15-12(3-2-9-17)8-10-19-15/h4-8,10H,9,11,17H2,1H3. The second kappa shape index (κ2) is 6.37. The minimum absolute atomic E-state index is 0.220. The van der Waals surface area contributed by atoms with Gasteiger partial charge in [-0.05, 0) is 35.7 Å². The molecule has 0 aliphatic heterocycles. The van der Waals surface area contributed by atoms with Crippen molar-refractivity contribution in [1.82, 2.24) is 0 Å². The Morgan fingerprint density at radius 2 is 2.00 bits per heavy atom. The van der Waals surface area contributed by atoms with Crippen LogP contribution in [0.4, 0.5) is 10.1 Å². The van der Waals surface area contributed by atoms with Gasteiger partial charge >= 0.3 is 0 Å². The summed E-state index contributed by atoms with van der Waals surface area (Å²) in [6.45, 7) is 1.11. The van der Waals surface area contributed by atoms with Crippen LogP contribution in [0.25, 0.3) is 0 Å². The van der Waals surface area contributed by atoms with E-state index in [1.807, 2.05) is 18.5 Å². The Hall–Kier alpha value is -1.83. The number of anilines is 1. The van der Waals surface area contributed by atoms with Crippen LogP contribution in [0.15, 0.2) is 35.7 Å². The van der Waals surface area contributed by atoms with E-state index in [4.69, 9.17) is 5.73 Å². The van der Waals surface area contributed by atoms with Crippen molar-refractivity contribution in [1.29, 1.82) is 0 Å². The molecule has 2 N–H and O–H groups in total. The predicted octanol–water partition coefficient (Wildman–Crippen LogP) is 2.83. The lowest BCUT2D eigenvalue weighted by atomic mass is 10.2. The quantitative estimate of drug-likeness (QED) is 0.872. The van der Waals surface area contributed by atoms with Crippen LogP contribution < -0.4 is 10.6 Å². The van der Waals surface area contributed by atoms with Crippen LogP contribution in [0.5, 0.6) is 0 Å². The summed E-state index contributed by atoms with van der Waals surface area (Å²) in [6.07, 6.45) is 0. The van der Waals surface area contributed by atoms with Crippen LogP contribution in [0.3, 0.4) is 0 Å². The van der Waals surface area contributed by atoms with E-state index in [9.17, 15) is 4.39 Å². The Kier molecular flexibility index (Phi) is 4.56. The summed E-state index contributed by atoms with van der Waals surface area (Å²) in [6, 6.07) is 8.48. The maximum absolute atomic E-state index is 12.9. The first-order chi connectivity index (χ1) is 9.20. The van der Waals surface area contributed by atoms with E-state index >= 15 is 0 Å². The Morgan fingerprint density at radius 1 is 1.26 bits per heavy atom. The smallest absolute Gasteiger partial charge is 0.123 e. The zero-order valence-electron chi connectivity index (χ0n) is 10.7. The summed E-state index contributed by atoms with van der Waals surface area (Å²) in [5, 5.41) is 2.02. The number of rotatable bonds is 3. The summed E-state index contributed by atoms with van der Waals surface area (Å²) in [5.41, 5.74) is 7.38. The highest BCUT2D eigenvalue weighted by atomic mass is 32.1. The monoisotopic (exact) mass is 274 g/mol. The van der Waals surface area contributed by atoms with Gasteiger partial charge in [0.1, 0.15) is 5.82 Å². The van der Waals surface area contributed by atoms with Gasteiger partial charge in [-0.15, -0.1) is 11.3 Å². The van der Waals surface area contributed by atoms with Crippen molar-refractivity contribution in [3.63, 3.8) is 0 Å². The Labute approximate surface area is 116 Å². The van der Waals surface area contributed by atoms with Crippen molar-refractivity contribution in [2.45, 2.75) is 6.54 Å². The van der Waals surface area contributed by atoms with Crippen molar-refractivity contribution in [3.05, 3.63) is 52.0 Å². The van der Waals surface area contributed by atoms with Crippen molar-refractivity contribution in [2.24, 2.45) is 5.73 Å². The molecule has 0 unspecified atom stereocenters. The Morgan fingerprint density at radius 3 is 2.68 bits per heavy atom. The highest BCUT2D eigenvalue weighted by Crippen LogP contribution is 2.21. The van der Waals surface area contributed by atoms with Gasteiger partial charge in [0.2, 0.25) is 0 Å². The third-order valence-corrected chi connectivity index (χ3v) is 3.62. The number of halogens is 1. The van der Waals surface area contributed by atoms with E-state index in [0.717, 1.165) is 17.8 Å². The molecule has 2 rings (SSSR count). The molecule has 0 saturated heterocycles. The van der Waals surface area contributed by atoms with E-state index in [1.54, 1.807) is 23.5 Å². The fourth-order valence-corrected chi connectivity index (χ4v) is 2.61. The van der Waals surface area contributed by atoms with Gasteiger partial charge in [0.25, 0.3) is 0 Å². The fourth-order valence-electron chi connectivity index (χ4n) is 1.72. The molecule has 0 aliphatic carbocycles. The average Bonchev–Trinajstić information content (AvgIpc) is 2.84. The fraction of sp³-hybridized carbons (Fsp3) is 0.200. The highest BCUT2D eigenvalue weighted by molar-refractivity contribution is 7.10. The molecule has 4 heteroatoms. The lowest BCUT2D eigenvalue weighted by molar-refractivity contribution is 0.627. The molecule has 98 valence electrons. The lowest BCUT2D eigenvalue weighted by Crippen LogP contribution is -2.16. The zero-order chi connectivity index (χ0) is 13.7. The molecule has 0 radical (unpaired) electrons. The van der Waals surface area contributed by atoms with E-state index < -0.39 is 0 Å². The minimum atomic E-state index is -0.220. The second-order valence-corrected chi connectivity index (χ2v) is 5.10. The van der Waals surface area contributed by atoms with Crippen LogP contribution >= 0.6 is 11.3 Å². The van der Waals surface area contributed by atoms with Crippen molar-refractivity contribution >= 4 is 17.0 Å². The minimum Gasteiger partial charge on any atom is -0.369 e. The average molecular weight is 274 g/mol. The molecule has 0 aliphatic rings. The van der Waals surface area contributed by atoms with Gasteiger partial charge in [0, 0.05) is 23.2 Å². The molecule has 2 aromatic rings. The third-order valence-electron chi connectivity index (χ3n) is 2.72. The normalized spacial score (nSPS) is 9.84. The second-order valence-electron chi connectivity index (χ2n) is 4.10. The first-order valence-electron chi connectivity index (χ1n) is 5.92. The summed E-state index contributed by atoms with van der Waals surface area (Å²) in [5.74, 6) is 5.72. The molecule has 1 heterocycles. The van der Waals surface area contributed by atoms with E-state index in [-0.39, 0.29) is 5.82 Å². The molecule has 0 amide bonds. The topological polar surface area (TPSA) is 29.3 Å². The Bertz CT molecular complexity index is 593. The van der Waals surface area contributed by atoms with Crippen LogP contribution in [-0.2, 0) is 6.54 Å². The van der Waals surface area contributed by atoms with Crippen molar-refractivity contribution in [2.75, 3.05) is 18.5 Å². The molecular formula is C15H15FN2S. The summed E-state index contributed by atoms with van der Waals surface area (Å²) < 4.78 is 12.9. The van der Waals surface area contributed by atoms with Gasteiger partial charge in [-0.2, -0.15) is 0 Å². The SMILES string of the molecule is CN(Cc1sccc1C#CCN)c1ccc(F)cc1. The first kappa shape index (κ1) is 13.6. The first-order valence-corrected chi connectivity index (χ1v) is 6.80. The molecule has 0 bridgehead atoms. The Balaban J connectivity index is 2.12.